The summed E-state index contributed by atoms with van der Waals surface area (Å²) in [4.78, 5) is 25.0. The molecule has 178 valence electrons. The second kappa shape index (κ2) is 10.1. The van der Waals surface area contributed by atoms with E-state index in [1.54, 1.807) is 4.90 Å². The van der Waals surface area contributed by atoms with Gasteiger partial charge in [0.2, 0.25) is 5.91 Å². The number of piperidine rings is 1. The Labute approximate surface area is 192 Å². The van der Waals surface area contributed by atoms with E-state index < -0.39 is 32.1 Å². The molecule has 0 unspecified atom stereocenters. The standard InChI is InChI=1S/C22H27N3O7S/c1-16-10-12-23(13-11-16)22(26)15-24(18-9-8-17(31-2)14-20(18)32-3)33(29,30)21-7-5-4-6-19(21)25(27)28/h4-9,14,16H,10-13,15H2,1-3H3. The molecule has 33 heavy (non-hydrogen) atoms. The number of ether oxygens (including phenoxy) is 2. The molecule has 0 aliphatic carbocycles. The summed E-state index contributed by atoms with van der Waals surface area (Å²) in [5.74, 6) is 0.677. The third-order valence-electron chi connectivity index (χ3n) is 5.70. The molecule has 0 aromatic heterocycles. The maximum Gasteiger partial charge on any atom is 0.289 e. The summed E-state index contributed by atoms with van der Waals surface area (Å²) in [6.45, 7) is 2.64. The highest BCUT2D eigenvalue weighted by Gasteiger charge is 2.36. The summed E-state index contributed by atoms with van der Waals surface area (Å²) in [6, 6.07) is 9.53. The zero-order valence-electron chi connectivity index (χ0n) is 18.8. The lowest BCUT2D eigenvalue weighted by molar-refractivity contribution is -0.387. The number of hydrogen-bond donors (Lipinski definition) is 0. The highest BCUT2D eigenvalue weighted by molar-refractivity contribution is 7.93. The number of nitro groups is 1. The second-order valence-electron chi connectivity index (χ2n) is 7.84. The quantitative estimate of drug-likeness (QED) is 0.423. The number of methoxy groups -OCH3 is 2. The van der Waals surface area contributed by atoms with Gasteiger partial charge < -0.3 is 14.4 Å². The Morgan fingerprint density at radius 1 is 1.15 bits per heavy atom. The van der Waals surface area contributed by atoms with Gasteiger partial charge in [-0.3, -0.25) is 19.2 Å². The highest BCUT2D eigenvalue weighted by atomic mass is 32.2. The summed E-state index contributed by atoms with van der Waals surface area (Å²) >= 11 is 0. The van der Waals surface area contributed by atoms with Crippen LogP contribution < -0.4 is 13.8 Å². The third-order valence-corrected chi connectivity index (χ3v) is 7.51. The molecular formula is C22H27N3O7S. The molecule has 0 atom stereocenters. The van der Waals surface area contributed by atoms with Crippen LogP contribution in [0.5, 0.6) is 11.5 Å². The number of amides is 1. The molecule has 2 aromatic carbocycles. The van der Waals surface area contributed by atoms with Crippen molar-refractivity contribution in [1.29, 1.82) is 0 Å². The fourth-order valence-corrected chi connectivity index (χ4v) is 5.30. The van der Waals surface area contributed by atoms with Gasteiger partial charge in [-0.25, -0.2) is 8.42 Å². The van der Waals surface area contributed by atoms with Crippen LogP contribution in [0.4, 0.5) is 11.4 Å². The van der Waals surface area contributed by atoms with E-state index in [0.717, 1.165) is 29.3 Å². The Kier molecular flexibility index (Phi) is 7.42. The van der Waals surface area contributed by atoms with E-state index in [1.165, 1.54) is 44.6 Å². The van der Waals surface area contributed by atoms with Crippen molar-refractivity contribution in [2.24, 2.45) is 5.92 Å². The number of benzene rings is 2. The Balaban J connectivity index is 2.10. The molecule has 11 heteroatoms. The van der Waals surface area contributed by atoms with Crippen molar-refractivity contribution in [2.75, 3.05) is 38.2 Å². The molecule has 0 spiro atoms. The lowest BCUT2D eigenvalue weighted by Crippen LogP contribution is -2.46. The number of hydrogen-bond acceptors (Lipinski definition) is 7. The van der Waals surface area contributed by atoms with E-state index in [0.29, 0.717) is 24.8 Å². The normalized spacial score (nSPS) is 14.6. The fourth-order valence-electron chi connectivity index (χ4n) is 3.72. The van der Waals surface area contributed by atoms with Gasteiger partial charge in [-0.1, -0.05) is 19.1 Å². The van der Waals surface area contributed by atoms with Crippen molar-refractivity contribution in [3.63, 3.8) is 0 Å². The zero-order valence-corrected chi connectivity index (χ0v) is 19.6. The summed E-state index contributed by atoms with van der Waals surface area (Å²) in [5.41, 5.74) is -0.496. The molecule has 1 heterocycles. The molecule has 1 amide bonds. The van der Waals surface area contributed by atoms with Gasteiger partial charge in [0, 0.05) is 25.2 Å². The number of likely N-dealkylation sites (tertiary alicyclic amines) is 1. The summed E-state index contributed by atoms with van der Waals surface area (Å²) < 4.78 is 38.9. The SMILES string of the molecule is COc1ccc(N(CC(=O)N2CCC(C)CC2)S(=O)(=O)c2ccccc2[N+](=O)[O-])c(OC)c1. The molecule has 0 N–H and O–H groups in total. The summed E-state index contributed by atoms with van der Waals surface area (Å²) in [7, 11) is -1.68. The minimum absolute atomic E-state index is 0.0789. The summed E-state index contributed by atoms with van der Waals surface area (Å²) in [6.07, 6.45) is 1.66. The van der Waals surface area contributed by atoms with Gasteiger partial charge in [-0.05, 0) is 37.0 Å². The van der Waals surface area contributed by atoms with Gasteiger partial charge >= 0.3 is 0 Å². The predicted octanol–water partition coefficient (Wildman–Crippen LogP) is 3.07. The lowest BCUT2D eigenvalue weighted by Gasteiger charge is -2.33. The maximum atomic E-state index is 13.7. The average Bonchev–Trinajstić information content (AvgIpc) is 2.82. The maximum absolute atomic E-state index is 13.7. The van der Waals surface area contributed by atoms with Crippen molar-refractivity contribution >= 4 is 27.3 Å². The van der Waals surface area contributed by atoms with Crippen LogP contribution in [0.25, 0.3) is 0 Å². The predicted molar refractivity (Wildman–Crippen MR) is 122 cm³/mol. The van der Waals surface area contributed by atoms with E-state index >= 15 is 0 Å². The number of rotatable bonds is 8. The molecule has 3 rings (SSSR count). The zero-order chi connectivity index (χ0) is 24.2. The number of nitrogens with zero attached hydrogens (tertiary/aromatic N) is 3. The molecular weight excluding hydrogens is 450 g/mol. The molecule has 10 nitrogen and oxygen atoms in total. The molecule has 0 radical (unpaired) electrons. The minimum atomic E-state index is -4.50. The molecule has 1 aliphatic rings. The van der Waals surface area contributed by atoms with Crippen molar-refractivity contribution in [1.82, 2.24) is 4.90 Å². The molecule has 2 aromatic rings. The molecule has 1 aliphatic heterocycles. The fraction of sp³-hybridized carbons (Fsp3) is 0.409. The van der Waals surface area contributed by atoms with E-state index in [-0.39, 0.29) is 17.3 Å². The smallest absolute Gasteiger partial charge is 0.289 e. The van der Waals surface area contributed by atoms with E-state index in [4.69, 9.17) is 9.47 Å². The number of anilines is 1. The van der Waals surface area contributed by atoms with Gasteiger partial charge in [-0.15, -0.1) is 0 Å². The van der Waals surface area contributed by atoms with Crippen LogP contribution in [0.15, 0.2) is 47.4 Å². The van der Waals surface area contributed by atoms with Gasteiger partial charge in [0.1, 0.15) is 18.0 Å². The first-order chi connectivity index (χ1) is 15.7. The molecule has 1 fully saturated rings. The van der Waals surface area contributed by atoms with Gasteiger partial charge in [-0.2, -0.15) is 0 Å². The summed E-state index contributed by atoms with van der Waals surface area (Å²) in [5, 5.41) is 11.5. The first-order valence-electron chi connectivity index (χ1n) is 10.4. The van der Waals surface area contributed by atoms with Crippen LogP contribution in [0.2, 0.25) is 0 Å². The number of carbonyl (C=O) groups excluding carboxylic acids is 1. The Morgan fingerprint density at radius 2 is 1.82 bits per heavy atom. The highest BCUT2D eigenvalue weighted by Crippen LogP contribution is 2.37. The molecule has 0 bridgehead atoms. The van der Waals surface area contributed by atoms with Crippen molar-refractivity contribution in [2.45, 2.75) is 24.7 Å². The van der Waals surface area contributed by atoms with E-state index in [9.17, 15) is 23.3 Å². The van der Waals surface area contributed by atoms with Gasteiger partial charge in [0.25, 0.3) is 15.7 Å². The largest absolute Gasteiger partial charge is 0.497 e. The average molecular weight is 478 g/mol. The molecule has 0 saturated carbocycles. The van der Waals surface area contributed by atoms with Crippen LogP contribution >= 0.6 is 0 Å². The Morgan fingerprint density at radius 3 is 2.42 bits per heavy atom. The topological polar surface area (TPSA) is 119 Å². The Hall–Kier alpha value is -3.34. The van der Waals surface area contributed by atoms with Crippen molar-refractivity contribution in [3.8, 4) is 11.5 Å². The van der Waals surface area contributed by atoms with Crippen LogP contribution in [0.1, 0.15) is 19.8 Å². The minimum Gasteiger partial charge on any atom is -0.497 e. The van der Waals surface area contributed by atoms with Crippen LogP contribution in [0.3, 0.4) is 0 Å². The van der Waals surface area contributed by atoms with Crippen LogP contribution in [-0.2, 0) is 14.8 Å². The number of sulfonamides is 1. The second-order valence-corrected chi connectivity index (χ2v) is 9.67. The monoisotopic (exact) mass is 477 g/mol. The number of para-hydroxylation sites is 1. The lowest BCUT2D eigenvalue weighted by atomic mass is 9.99. The van der Waals surface area contributed by atoms with Gasteiger partial charge in [0.15, 0.2) is 4.90 Å². The molecule has 1 saturated heterocycles. The van der Waals surface area contributed by atoms with Crippen molar-refractivity contribution in [3.05, 3.63) is 52.6 Å². The van der Waals surface area contributed by atoms with Crippen LogP contribution in [-0.4, -0.2) is 58.0 Å². The van der Waals surface area contributed by atoms with Gasteiger partial charge in [0.05, 0.1) is 24.8 Å². The van der Waals surface area contributed by atoms with Crippen LogP contribution in [0, 0.1) is 16.0 Å². The third kappa shape index (κ3) is 5.19. The van der Waals surface area contributed by atoms with Crippen molar-refractivity contribution < 1.29 is 27.6 Å². The number of carbonyl (C=O) groups is 1. The Bertz CT molecular complexity index is 1130. The van der Waals surface area contributed by atoms with E-state index in [2.05, 4.69) is 6.92 Å². The first-order valence-corrected chi connectivity index (χ1v) is 11.9. The first kappa shape index (κ1) is 24.3. The number of nitro benzene ring substituents is 1. The van der Waals surface area contributed by atoms with E-state index in [1.807, 2.05) is 0 Å².